The fourth-order valence-corrected chi connectivity index (χ4v) is 4.76. The fourth-order valence-electron chi connectivity index (χ4n) is 4.76. The quantitative estimate of drug-likeness (QED) is 0.236. The zero-order valence-electron chi connectivity index (χ0n) is 21.8. The summed E-state index contributed by atoms with van der Waals surface area (Å²) >= 11 is 0. The van der Waals surface area contributed by atoms with Crippen molar-refractivity contribution >= 4 is 28.6 Å². The largest absolute Gasteiger partial charge is 0.465 e. The topological polar surface area (TPSA) is 87.7 Å². The number of para-hydroxylation sites is 1. The molecular weight excluding hydrogens is 480 g/mol. The van der Waals surface area contributed by atoms with Crippen molar-refractivity contribution in [2.45, 2.75) is 39.7 Å². The third-order valence-corrected chi connectivity index (χ3v) is 6.55. The molecule has 5 rings (SSSR count). The molecule has 0 bridgehead atoms. The van der Waals surface area contributed by atoms with Crippen molar-refractivity contribution in [2.75, 3.05) is 13.7 Å². The number of rotatable bonds is 9. The van der Waals surface area contributed by atoms with Crippen molar-refractivity contribution in [1.29, 1.82) is 0 Å². The normalized spacial score (nSPS) is 11.2. The zero-order valence-corrected chi connectivity index (χ0v) is 21.8. The smallest absolute Gasteiger partial charge is 0.357 e. The molecule has 0 N–H and O–H groups in total. The van der Waals surface area contributed by atoms with Crippen molar-refractivity contribution in [2.24, 2.45) is 0 Å². The third-order valence-electron chi connectivity index (χ3n) is 6.55. The molecule has 0 unspecified atom stereocenters. The van der Waals surface area contributed by atoms with E-state index in [1.807, 2.05) is 60.8 Å². The minimum Gasteiger partial charge on any atom is -0.465 e. The molecule has 0 saturated carbocycles. The first-order chi connectivity index (χ1) is 18.5. The number of methoxy groups -OCH3 is 1. The molecule has 0 fully saturated rings. The highest BCUT2D eigenvalue weighted by Crippen LogP contribution is 2.27. The molecule has 0 radical (unpaired) electrons. The van der Waals surface area contributed by atoms with Crippen molar-refractivity contribution < 1.29 is 19.1 Å². The lowest BCUT2D eigenvalue weighted by molar-refractivity contribution is 0.0518. The van der Waals surface area contributed by atoms with E-state index in [1.54, 1.807) is 17.4 Å². The van der Waals surface area contributed by atoms with Gasteiger partial charge in [-0.2, -0.15) is 0 Å². The number of aryl methyl sites for hydroxylation is 1. The van der Waals surface area contributed by atoms with Crippen LogP contribution in [0.3, 0.4) is 0 Å². The number of hydrogen-bond donors (Lipinski definition) is 0. The van der Waals surface area contributed by atoms with Gasteiger partial charge in [0, 0.05) is 24.7 Å². The molecule has 3 aromatic heterocycles. The molecule has 2 aromatic carbocycles. The van der Waals surface area contributed by atoms with Crippen LogP contribution in [0.25, 0.3) is 27.9 Å². The van der Waals surface area contributed by atoms with Gasteiger partial charge in [0.15, 0.2) is 5.69 Å². The van der Waals surface area contributed by atoms with Gasteiger partial charge in [-0.05, 0) is 43.2 Å². The number of unbranched alkanes of at least 4 members (excludes halogenated alkanes) is 1. The van der Waals surface area contributed by atoms with Gasteiger partial charge in [-0.3, -0.25) is 4.40 Å². The summed E-state index contributed by atoms with van der Waals surface area (Å²) < 4.78 is 14.3. The molecule has 0 atom stereocenters. The Bertz CT molecular complexity index is 1620. The highest BCUT2D eigenvalue weighted by atomic mass is 16.5. The average Bonchev–Trinajstić information content (AvgIpc) is 3.50. The van der Waals surface area contributed by atoms with Crippen LogP contribution in [0.1, 0.15) is 58.9 Å². The number of pyridine rings is 1. The first-order valence-corrected chi connectivity index (χ1v) is 12.9. The lowest BCUT2D eigenvalue weighted by Gasteiger charge is -2.12. The van der Waals surface area contributed by atoms with Gasteiger partial charge >= 0.3 is 11.9 Å². The Morgan fingerprint density at radius 3 is 2.50 bits per heavy atom. The van der Waals surface area contributed by atoms with E-state index in [0.29, 0.717) is 29.1 Å². The summed E-state index contributed by atoms with van der Waals surface area (Å²) in [6.07, 6.45) is 4.66. The number of nitrogens with zero attached hydrogens (tertiary/aromatic N) is 4. The highest BCUT2D eigenvalue weighted by Gasteiger charge is 2.23. The maximum absolute atomic E-state index is 12.9. The lowest BCUT2D eigenvalue weighted by Crippen LogP contribution is -2.11. The van der Waals surface area contributed by atoms with Crippen LogP contribution in [0.2, 0.25) is 0 Å². The minimum atomic E-state index is -0.420. The van der Waals surface area contributed by atoms with Crippen LogP contribution in [0.4, 0.5) is 0 Å². The predicted molar refractivity (Wildman–Crippen MR) is 145 cm³/mol. The molecule has 194 valence electrons. The minimum absolute atomic E-state index is 0.273. The van der Waals surface area contributed by atoms with Crippen LogP contribution in [-0.2, 0) is 22.4 Å². The monoisotopic (exact) mass is 510 g/mol. The lowest BCUT2D eigenvalue weighted by atomic mass is 10.1. The fraction of sp³-hybridized carbons (Fsp3) is 0.267. The van der Waals surface area contributed by atoms with E-state index in [1.165, 1.54) is 7.11 Å². The molecule has 3 heterocycles. The van der Waals surface area contributed by atoms with Crippen LogP contribution in [-0.4, -0.2) is 44.6 Å². The number of carbonyl (C=O) groups is 2. The number of hydrogen-bond acceptors (Lipinski definition) is 6. The van der Waals surface area contributed by atoms with Gasteiger partial charge in [0.25, 0.3) is 0 Å². The maximum atomic E-state index is 12.9. The number of ether oxygens (including phenoxy) is 2. The van der Waals surface area contributed by atoms with Gasteiger partial charge in [0.05, 0.1) is 30.3 Å². The molecule has 0 amide bonds. The van der Waals surface area contributed by atoms with Gasteiger partial charge in [-0.25, -0.2) is 19.6 Å². The molecular formula is C30H30N4O4. The second-order valence-corrected chi connectivity index (χ2v) is 9.04. The number of esters is 2. The number of imidazole rings is 2. The molecule has 8 heteroatoms. The van der Waals surface area contributed by atoms with E-state index in [9.17, 15) is 9.59 Å². The van der Waals surface area contributed by atoms with E-state index in [-0.39, 0.29) is 6.61 Å². The van der Waals surface area contributed by atoms with Crippen LogP contribution in [0.5, 0.6) is 0 Å². The van der Waals surface area contributed by atoms with E-state index in [4.69, 9.17) is 19.4 Å². The SMILES string of the molecule is CCCCc1nc2cccc(C(=O)OC)c2n1Cc1ccn2c(C(=O)OCC)c(-c3ccccc3)nc2c1. The Morgan fingerprint density at radius 2 is 1.76 bits per heavy atom. The molecule has 0 aliphatic carbocycles. The Morgan fingerprint density at radius 1 is 0.947 bits per heavy atom. The van der Waals surface area contributed by atoms with Gasteiger partial charge in [0.1, 0.15) is 17.2 Å². The van der Waals surface area contributed by atoms with E-state index in [0.717, 1.165) is 47.2 Å². The van der Waals surface area contributed by atoms with E-state index < -0.39 is 11.9 Å². The van der Waals surface area contributed by atoms with Gasteiger partial charge in [-0.15, -0.1) is 0 Å². The van der Waals surface area contributed by atoms with Crippen LogP contribution in [0, 0.1) is 0 Å². The molecule has 0 saturated heterocycles. The number of carbonyl (C=O) groups excluding carboxylic acids is 2. The second-order valence-electron chi connectivity index (χ2n) is 9.04. The Labute approximate surface area is 220 Å². The summed E-state index contributed by atoms with van der Waals surface area (Å²) in [7, 11) is 1.39. The molecule has 0 aliphatic heterocycles. The summed E-state index contributed by atoms with van der Waals surface area (Å²) in [4.78, 5) is 35.2. The van der Waals surface area contributed by atoms with Crippen molar-refractivity contribution in [3.63, 3.8) is 0 Å². The first-order valence-electron chi connectivity index (χ1n) is 12.9. The summed E-state index contributed by atoms with van der Waals surface area (Å²) in [5, 5.41) is 0. The first kappa shape index (κ1) is 25.2. The predicted octanol–water partition coefficient (Wildman–Crippen LogP) is 5.71. The van der Waals surface area contributed by atoms with Gasteiger partial charge < -0.3 is 14.0 Å². The average molecular weight is 511 g/mol. The number of fused-ring (bicyclic) bond motifs is 2. The number of benzene rings is 2. The zero-order chi connectivity index (χ0) is 26.6. The van der Waals surface area contributed by atoms with Gasteiger partial charge in [0.2, 0.25) is 0 Å². The summed E-state index contributed by atoms with van der Waals surface area (Å²) in [6.45, 7) is 4.69. The molecule has 8 nitrogen and oxygen atoms in total. The molecule has 5 aromatic rings. The Kier molecular flexibility index (Phi) is 7.22. The van der Waals surface area contributed by atoms with Crippen molar-refractivity contribution in [1.82, 2.24) is 18.9 Å². The molecule has 0 spiro atoms. The highest BCUT2D eigenvalue weighted by molar-refractivity contribution is 6.02. The Hall–Kier alpha value is -4.46. The van der Waals surface area contributed by atoms with Crippen molar-refractivity contribution in [3.05, 3.63) is 89.5 Å². The standard InChI is InChI=1S/C30H30N4O4/c1-4-6-15-24-31-23-14-10-13-22(29(35)37-3)27(23)34(24)19-20-16-17-33-25(18-20)32-26(21-11-8-7-9-12-21)28(33)30(36)38-5-2/h7-14,16-18H,4-6,15,19H2,1-3H3. The molecule has 38 heavy (non-hydrogen) atoms. The summed E-state index contributed by atoms with van der Waals surface area (Å²) in [6, 6.07) is 19.1. The van der Waals surface area contributed by atoms with Crippen LogP contribution < -0.4 is 0 Å². The third kappa shape index (κ3) is 4.65. The second kappa shape index (κ2) is 10.9. The Balaban J connectivity index is 1.63. The number of aromatic nitrogens is 4. The molecule has 0 aliphatic rings. The van der Waals surface area contributed by atoms with Crippen LogP contribution >= 0.6 is 0 Å². The van der Waals surface area contributed by atoms with Gasteiger partial charge in [-0.1, -0.05) is 49.7 Å². The summed E-state index contributed by atoms with van der Waals surface area (Å²) in [5.74, 6) is 0.101. The summed E-state index contributed by atoms with van der Waals surface area (Å²) in [5.41, 5.74) is 5.41. The van der Waals surface area contributed by atoms with Crippen molar-refractivity contribution in [3.8, 4) is 11.3 Å². The van der Waals surface area contributed by atoms with E-state index >= 15 is 0 Å². The van der Waals surface area contributed by atoms with E-state index in [2.05, 4.69) is 11.5 Å². The van der Waals surface area contributed by atoms with Crippen LogP contribution in [0.15, 0.2) is 66.9 Å². The maximum Gasteiger partial charge on any atom is 0.357 e.